The number of hydrogen-bond acceptors (Lipinski definition) is 3. The molecule has 1 fully saturated rings. The van der Waals surface area contributed by atoms with Gasteiger partial charge in [0.2, 0.25) is 5.95 Å². The second-order valence-electron chi connectivity index (χ2n) is 5.87. The Kier molecular flexibility index (Phi) is 4.75. The molecule has 2 aromatic rings. The van der Waals surface area contributed by atoms with E-state index in [9.17, 15) is 18.0 Å². The lowest BCUT2D eigenvalue weighted by Gasteiger charge is -2.13. The second kappa shape index (κ2) is 6.99. The molecule has 1 amide bonds. The number of nitrogens with two attached hydrogens (primary N) is 1. The molecule has 0 atom stereocenters. The van der Waals surface area contributed by atoms with E-state index in [1.165, 1.54) is 36.7 Å². The summed E-state index contributed by atoms with van der Waals surface area (Å²) in [6.45, 7) is 0. The lowest BCUT2D eigenvalue weighted by Crippen LogP contribution is -2.24. The zero-order valence-corrected chi connectivity index (χ0v) is 13.5. The van der Waals surface area contributed by atoms with Crippen molar-refractivity contribution in [2.75, 3.05) is 5.32 Å². The fraction of sp³-hybridized carbons (Fsp3) is 0.167. The van der Waals surface area contributed by atoms with Crippen molar-refractivity contribution in [3.8, 4) is 0 Å². The van der Waals surface area contributed by atoms with E-state index in [0.29, 0.717) is 18.5 Å². The quantitative estimate of drug-likeness (QED) is 0.488. The first kappa shape index (κ1) is 17.7. The van der Waals surface area contributed by atoms with E-state index in [1.54, 1.807) is 0 Å². The van der Waals surface area contributed by atoms with E-state index < -0.39 is 28.9 Å². The first-order valence-corrected chi connectivity index (χ1v) is 7.80. The third kappa shape index (κ3) is 3.58. The zero-order valence-electron chi connectivity index (χ0n) is 13.5. The van der Waals surface area contributed by atoms with E-state index in [-0.39, 0.29) is 11.4 Å². The van der Waals surface area contributed by atoms with Gasteiger partial charge in [-0.15, -0.1) is 0 Å². The fourth-order valence-electron chi connectivity index (χ4n) is 2.63. The van der Waals surface area contributed by atoms with Crippen molar-refractivity contribution in [3.63, 3.8) is 0 Å². The monoisotopic (exact) mass is 360 g/mol. The van der Waals surface area contributed by atoms with Gasteiger partial charge in [-0.2, -0.15) is 9.38 Å². The Bertz CT molecular complexity index is 887. The molecule has 1 aliphatic carbocycles. The number of pyridine rings is 1. The summed E-state index contributed by atoms with van der Waals surface area (Å²) in [5, 5.41) is 2.74. The van der Waals surface area contributed by atoms with Gasteiger partial charge in [-0.3, -0.25) is 4.79 Å². The number of nitrogens with one attached hydrogen (secondary N) is 1. The predicted molar refractivity (Wildman–Crippen MR) is 90.9 cm³/mol. The van der Waals surface area contributed by atoms with Crippen LogP contribution in [0.15, 0.2) is 53.8 Å². The smallest absolute Gasteiger partial charge is 0.258 e. The van der Waals surface area contributed by atoms with Crippen LogP contribution in [0, 0.1) is 17.6 Å². The first-order valence-electron chi connectivity index (χ1n) is 7.80. The third-order valence-corrected chi connectivity index (χ3v) is 4.06. The highest BCUT2D eigenvalue weighted by Gasteiger charge is 2.54. The van der Waals surface area contributed by atoms with Gasteiger partial charge in [-0.1, -0.05) is 6.07 Å². The topological polar surface area (TPSA) is 80.4 Å². The Balaban J connectivity index is 1.73. The van der Waals surface area contributed by atoms with Crippen molar-refractivity contribution >= 4 is 17.4 Å². The van der Waals surface area contributed by atoms with Gasteiger partial charge in [-0.05, 0) is 37.1 Å². The molecule has 1 aromatic carbocycles. The molecule has 0 radical (unpaired) electrons. The largest absolute Gasteiger partial charge is 0.384 e. The SMILES string of the molecule is NC(/C=C\Nc1ccnc(F)c1)=NC(=O)C1(c2c(F)cccc2F)CC1. The van der Waals surface area contributed by atoms with Crippen molar-refractivity contribution in [2.24, 2.45) is 10.7 Å². The Morgan fingerprint density at radius 3 is 2.54 bits per heavy atom. The molecular weight excluding hydrogens is 345 g/mol. The molecule has 0 unspecified atom stereocenters. The van der Waals surface area contributed by atoms with Gasteiger partial charge < -0.3 is 11.1 Å². The lowest BCUT2D eigenvalue weighted by atomic mass is 9.94. The Labute approximate surface area is 147 Å². The maximum absolute atomic E-state index is 14.0. The summed E-state index contributed by atoms with van der Waals surface area (Å²) in [6, 6.07) is 6.16. The van der Waals surface area contributed by atoms with Crippen LogP contribution in [0.5, 0.6) is 0 Å². The Morgan fingerprint density at radius 1 is 1.23 bits per heavy atom. The number of carbonyl (C=O) groups excluding carboxylic acids is 1. The summed E-state index contributed by atoms with van der Waals surface area (Å²) in [7, 11) is 0. The number of aromatic nitrogens is 1. The summed E-state index contributed by atoms with van der Waals surface area (Å²) in [5.74, 6) is -3.04. The van der Waals surface area contributed by atoms with Gasteiger partial charge in [0.15, 0.2) is 0 Å². The molecule has 5 nitrogen and oxygen atoms in total. The van der Waals surface area contributed by atoms with Crippen LogP contribution in [0.1, 0.15) is 18.4 Å². The molecule has 0 aliphatic heterocycles. The third-order valence-electron chi connectivity index (χ3n) is 4.06. The standard InChI is InChI=1S/C18H15F3N4O/c19-12-2-1-3-13(20)16(12)18(6-7-18)17(26)25-15(22)5-9-23-11-4-8-24-14(21)10-11/h1-5,8-10H,6-7H2,(H,23,24)(H2,22,25,26)/b9-5-. The summed E-state index contributed by atoms with van der Waals surface area (Å²) in [4.78, 5) is 19.5. The number of aliphatic imine (C=N–C) groups is 1. The van der Waals surface area contributed by atoms with Crippen LogP contribution < -0.4 is 11.1 Å². The number of halogens is 3. The van der Waals surface area contributed by atoms with Crippen LogP contribution in [-0.4, -0.2) is 16.7 Å². The molecular formula is C18H15F3N4O. The van der Waals surface area contributed by atoms with Crippen molar-refractivity contribution < 1.29 is 18.0 Å². The maximum Gasteiger partial charge on any atom is 0.258 e. The molecule has 3 rings (SSSR count). The number of benzene rings is 1. The van der Waals surface area contributed by atoms with Crippen LogP contribution in [0.2, 0.25) is 0 Å². The summed E-state index contributed by atoms with van der Waals surface area (Å²) < 4.78 is 40.9. The molecule has 1 saturated carbocycles. The van der Waals surface area contributed by atoms with Gasteiger partial charge in [0.25, 0.3) is 5.91 Å². The summed E-state index contributed by atoms with van der Waals surface area (Å²) in [5.41, 5.74) is 4.54. The summed E-state index contributed by atoms with van der Waals surface area (Å²) in [6.07, 6.45) is 4.55. The Hall–Kier alpha value is -3.16. The molecule has 8 heteroatoms. The van der Waals surface area contributed by atoms with Gasteiger partial charge in [0, 0.05) is 29.7 Å². The van der Waals surface area contributed by atoms with Crippen LogP contribution in [0.3, 0.4) is 0 Å². The number of amidine groups is 1. The average molecular weight is 360 g/mol. The van der Waals surface area contributed by atoms with Crippen LogP contribution in [-0.2, 0) is 10.2 Å². The first-order chi connectivity index (χ1) is 12.4. The van der Waals surface area contributed by atoms with Gasteiger partial charge in [-0.25, -0.2) is 13.8 Å². The van der Waals surface area contributed by atoms with Crippen LogP contribution in [0.25, 0.3) is 0 Å². The van der Waals surface area contributed by atoms with Crippen molar-refractivity contribution in [1.29, 1.82) is 0 Å². The molecule has 1 aliphatic rings. The van der Waals surface area contributed by atoms with E-state index in [4.69, 9.17) is 5.73 Å². The minimum absolute atomic E-state index is 0.139. The van der Waals surface area contributed by atoms with Crippen molar-refractivity contribution in [2.45, 2.75) is 18.3 Å². The highest BCUT2D eigenvalue weighted by Crippen LogP contribution is 2.51. The number of anilines is 1. The number of nitrogens with zero attached hydrogens (tertiary/aromatic N) is 2. The van der Waals surface area contributed by atoms with E-state index in [1.807, 2.05) is 0 Å². The minimum Gasteiger partial charge on any atom is -0.384 e. The molecule has 26 heavy (non-hydrogen) atoms. The Morgan fingerprint density at radius 2 is 1.92 bits per heavy atom. The van der Waals surface area contributed by atoms with E-state index in [2.05, 4.69) is 15.3 Å². The normalized spacial score (nSPS) is 15.9. The maximum atomic E-state index is 14.0. The summed E-state index contributed by atoms with van der Waals surface area (Å²) >= 11 is 0. The highest BCUT2D eigenvalue weighted by molar-refractivity contribution is 6.04. The lowest BCUT2D eigenvalue weighted by molar-refractivity contribution is -0.120. The van der Waals surface area contributed by atoms with Crippen molar-refractivity contribution in [1.82, 2.24) is 4.98 Å². The molecule has 0 bridgehead atoms. The molecule has 0 spiro atoms. The number of hydrogen-bond donors (Lipinski definition) is 2. The number of rotatable bonds is 5. The van der Waals surface area contributed by atoms with Gasteiger partial charge >= 0.3 is 0 Å². The number of carbonyl (C=O) groups is 1. The van der Waals surface area contributed by atoms with E-state index >= 15 is 0 Å². The minimum atomic E-state index is -1.30. The number of amides is 1. The molecule has 134 valence electrons. The van der Waals surface area contributed by atoms with Gasteiger partial charge in [0.1, 0.15) is 17.5 Å². The molecule has 3 N–H and O–H groups in total. The van der Waals surface area contributed by atoms with Crippen molar-refractivity contribution in [3.05, 3.63) is 72.0 Å². The fourth-order valence-corrected chi connectivity index (χ4v) is 2.63. The van der Waals surface area contributed by atoms with Gasteiger partial charge in [0.05, 0.1) is 5.41 Å². The zero-order chi connectivity index (χ0) is 18.7. The molecule has 1 heterocycles. The molecule has 1 aromatic heterocycles. The average Bonchev–Trinajstić information content (AvgIpc) is 3.36. The van der Waals surface area contributed by atoms with Crippen LogP contribution in [0.4, 0.5) is 18.9 Å². The molecule has 0 saturated heterocycles. The highest BCUT2D eigenvalue weighted by atomic mass is 19.1. The predicted octanol–water partition coefficient (Wildman–Crippen LogP) is 3.04. The van der Waals surface area contributed by atoms with E-state index in [0.717, 1.165) is 12.1 Å². The second-order valence-corrected chi connectivity index (χ2v) is 5.87. The van der Waals surface area contributed by atoms with Crippen LogP contribution >= 0.6 is 0 Å².